The average Bonchev–Trinajstić information content (AvgIpc) is 2.61. The van der Waals surface area contributed by atoms with Crippen LogP contribution >= 0.6 is 23.4 Å². The molecule has 2 N–H and O–H groups in total. The van der Waals surface area contributed by atoms with Crippen LogP contribution in [0.3, 0.4) is 0 Å². The first-order valence-corrected chi connectivity index (χ1v) is 8.32. The smallest absolute Gasteiger partial charge is 0.180 e. The second-order valence-electron chi connectivity index (χ2n) is 4.88. The number of nitrogens with one attached hydrogen (secondary N) is 2. The molecule has 0 unspecified atom stereocenters. The molecule has 2 aromatic carbocycles. The summed E-state index contributed by atoms with van der Waals surface area (Å²) < 4.78 is 5.15. The highest BCUT2D eigenvalue weighted by Crippen LogP contribution is 2.21. The number of hydrogen-bond donors (Lipinski definition) is 2. The SMILES string of the molecule is COc1ccc(CN=C2NNC(c3ccc(Cl)cc3)=CS2)cc1. The molecule has 2 aromatic rings. The number of nitrogens with zero attached hydrogens (tertiary/aromatic N) is 1. The monoisotopic (exact) mass is 345 g/mol. The third kappa shape index (κ3) is 4.21. The minimum absolute atomic E-state index is 0.616. The number of halogens is 1. The van der Waals surface area contributed by atoms with E-state index in [4.69, 9.17) is 16.3 Å². The summed E-state index contributed by atoms with van der Waals surface area (Å²) in [7, 11) is 1.66. The van der Waals surface area contributed by atoms with Gasteiger partial charge in [-0.25, -0.2) is 0 Å². The summed E-state index contributed by atoms with van der Waals surface area (Å²) in [5.41, 5.74) is 9.47. The zero-order valence-electron chi connectivity index (χ0n) is 12.5. The van der Waals surface area contributed by atoms with Crippen LogP contribution in [0, 0.1) is 0 Å². The second-order valence-corrected chi connectivity index (χ2v) is 6.17. The van der Waals surface area contributed by atoms with Crippen LogP contribution in [-0.4, -0.2) is 12.3 Å². The Kier molecular flexibility index (Phi) is 5.10. The van der Waals surface area contributed by atoms with Crippen molar-refractivity contribution in [1.82, 2.24) is 10.9 Å². The van der Waals surface area contributed by atoms with Crippen molar-refractivity contribution in [3.8, 4) is 5.75 Å². The highest BCUT2D eigenvalue weighted by Gasteiger charge is 2.09. The molecule has 0 amide bonds. The van der Waals surface area contributed by atoms with Gasteiger partial charge in [-0.1, -0.05) is 47.6 Å². The van der Waals surface area contributed by atoms with E-state index in [9.17, 15) is 0 Å². The van der Waals surface area contributed by atoms with E-state index in [1.165, 1.54) is 0 Å². The molecule has 0 saturated heterocycles. The van der Waals surface area contributed by atoms with Crippen molar-refractivity contribution in [2.45, 2.75) is 6.54 Å². The molecule has 0 atom stereocenters. The molecular formula is C17H16ClN3OS. The molecule has 1 heterocycles. The number of aliphatic imine (C=N–C) groups is 1. The molecule has 1 aliphatic heterocycles. The molecule has 4 nitrogen and oxygen atoms in total. The van der Waals surface area contributed by atoms with E-state index in [1.807, 2.05) is 53.9 Å². The summed E-state index contributed by atoms with van der Waals surface area (Å²) in [6.07, 6.45) is 0. The molecular weight excluding hydrogens is 330 g/mol. The lowest BCUT2D eigenvalue weighted by Crippen LogP contribution is -2.36. The lowest BCUT2D eigenvalue weighted by Gasteiger charge is -2.19. The van der Waals surface area contributed by atoms with Crippen LogP contribution in [0.15, 0.2) is 58.9 Å². The third-order valence-corrected chi connectivity index (χ3v) is 4.37. The van der Waals surface area contributed by atoms with Gasteiger partial charge >= 0.3 is 0 Å². The van der Waals surface area contributed by atoms with Crippen molar-refractivity contribution in [3.63, 3.8) is 0 Å². The summed E-state index contributed by atoms with van der Waals surface area (Å²) in [5.74, 6) is 0.851. The van der Waals surface area contributed by atoms with Gasteiger partial charge in [-0.15, -0.1) is 0 Å². The first kappa shape index (κ1) is 15.8. The van der Waals surface area contributed by atoms with Crippen LogP contribution in [-0.2, 0) is 6.54 Å². The van der Waals surface area contributed by atoms with E-state index >= 15 is 0 Å². The Bertz CT molecular complexity index is 727. The Labute approximate surface area is 144 Å². The van der Waals surface area contributed by atoms with Gasteiger partial charge in [0.2, 0.25) is 0 Å². The Morgan fingerprint density at radius 2 is 1.78 bits per heavy atom. The number of benzene rings is 2. The van der Waals surface area contributed by atoms with Gasteiger partial charge in [-0.05, 0) is 29.8 Å². The standard InChI is InChI=1S/C17H16ClN3OS/c1-22-15-8-2-12(3-9-15)10-19-17-21-20-16(11-23-17)13-4-6-14(18)7-5-13/h2-9,11,20H,10H2,1H3,(H,19,21). The molecule has 0 bridgehead atoms. The molecule has 0 saturated carbocycles. The van der Waals surface area contributed by atoms with Gasteiger partial charge < -0.3 is 4.74 Å². The minimum atomic E-state index is 0.616. The Balaban J connectivity index is 1.61. The molecule has 3 rings (SSSR count). The summed E-state index contributed by atoms with van der Waals surface area (Å²) in [4.78, 5) is 4.55. The van der Waals surface area contributed by atoms with Crippen molar-refractivity contribution in [2.24, 2.45) is 4.99 Å². The van der Waals surface area contributed by atoms with E-state index in [0.717, 1.165) is 32.8 Å². The molecule has 1 aliphatic rings. The minimum Gasteiger partial charge on any atom is -0.497 e. The van der Waals surface area contributed by atoms with Gasteiger partial charge in [0.05, 0.1) is 19.4 Å². The first-order chi connectivity index (χ1) is 11.2. The van der Waals surface area contributed by atoms with E-state index in [-0.39, 0.29) is 0 Å². The number of hydrogen-bond acceptors (Lipinski definition) is 4. The number of hydrazine groups is 1. The van der Waals surface area contributed by atoms with E-state index < -0.39 is 0 Å². The van der Waals surface area contributed by atoms with Gasteiger partial charge in [-0.3, -0.25) is 15.8 Å². The molecule has 0 aromatic heterocycles. The van der Waals surface area contributed by atoms with Gasteiger partial charge in [-0.2, -0.15) is 0 Å². The molecule has 0 radical (unpaired) electrons. The van der Waals surface area contributed by atoms with Crippen molar-refractivity contribution in [1.29, 1.82) is 0 Å². The predicted octanol–water partition coefficient (Wildman–Crippen LogP) is 4.04. The van der Waals surface area contributed by atoms with Gasteiger partial charge in [0.15, 0.2) is 5.17 Å². The number of rotatable bonds is 4. The highest BCUT2D eigenvalue weighted by molar-refractivity contribution is 8.16. The topological polar surface area (TPSA) is 45.6 Å². The Morgan fingerprint density at radius 1 is 1.04 bits per heavy atom. The lowest BCUT2D eigenvalue weighted by molar-refractivity contribution is 0.414. The highest BCUT2D eigenvalue weighted by atomic mass is 35.5. The van der Waals surface area contributed by atoms with Crippen LogP contribution < -0.4 is 15.6 Å². The van der Waals surface area contributed by atoms with Crippen LogP contribution in [0.4, 0.5) is 0 Å². The quantitative estimate of drug-likeness (QED) is 0.877. The van der Waals surface area contributed by atoms with E-state index in [1.54, 1.807) is 18.9 Å². The molecule has 6 heteroatoms. The Morgan fingerprint density at radius 3 is 2.39 bits per heavy atom. The second kappa shape index (κ2) is 7.44. The number of ether oxygens (including phenoxy) is 1. The molecule has 23 heavy (non-hydrogen) atoms. The van der Waals surface area contributed by atoms with Gasteiger partial charge in [0.1, 0.15) is 5.75 Å². The van der Waals surface area contributed by atoms with Crippen molar-refractivity contribution in [3.05, 3.63) is 70.1 Å². The number of methoxy groups -OCH3 is 1. The van der Waals surface area contributed by atoms with Crippen LogP contribution in [0.5, 0.6) is 5.75 Å². The maximum absolute atomic E-state index is 5.90. The van der Waals surface area contributed by atoms with Gasteiger partial charge in [0.25, 0.3) is 0 Å². The van der Waals surface area contributed by atoms with Crippen molar-refractivity contribution in [2.75, 3.05) is 7.11 Å². The normalized spacial score (nSPS) is 15.6. The average molecular weight is 346 g/mol. The Hall–Kier alpha value is -2.11. The maximum atomic E-state index is 5.90. The van der Waals surface area contributed by atoms with Crippen molar-refractivity contribution >= 4 is 34.2 Å². The summed E-state index contributed by atoms with van der Waals surface area (Å²) in [6, 6.07) is 15.6. The molecule has 0 aliphatic carbocycles. The van der Waals surface area contributed by atoms with Gasteiger partial charge in [0, 0.05) is 16.0 Å². The van der Waals surface area contributed by atoms with E-state index in [2.05, 4.69) is 15.8 Å². The summed E-state index contributed by atoms with van der Waals surface area (Å²) >= 11 is 7.46. The third-order valence-electron chi connectivity index (χ3n) is 3.31. The maximum Gasteiger partial charge on any atom is 0.180 e. The largest absolute Gasteiger partial charge is 0.497 e. The first-order valence-electron chi connectivity index (χ1n) is 7.07. The van der Waals surface area contributed by atoms with Crippen molar-refractivity contribution < 1.29 is 4.74 Å². The predicted molar refractivity (Wildman–Crippen MR) is 97.4 cm³/mol. The fourth-order valence-electron chi connectivity index (χ4n) is 2.03. The van der Waals surface area contributed by atoms with Crippen LogP contribution in [0.1, 0.15) is 11.1 Å². The molecule has 0 fully saturated rings. The molecule has 0 spiro atoms. The number of thioether (sulfide) groups is 1. The summed E-state index contributed by atoms with van der Waals surface area (Å²) in [6.45, 7) is 0.616. The summed E-state index contributed by atoms with van der Waals surface area (Å²) in [5, 5.41) is 3.60. The van der Waals surface area contributed by atoms with Crippen LogP contribution in [0.25, 0.3) is 5.70 Å². The zero-order valence-corrected chi connectivity index (χ0v) is 14.1. The lowest BCUT2D eigenvalue weighted by atomic mass is 10.2. The fraction of sp³-hybridized carbons (Fsp3) is 0.118. The number of amidine groups is 1. The molecule has 118 valence electrons. The van der Waals surface area contributed by atoms with Crippen LogP contribution in [0.2, 0.25) is 5.02 Å². The zero-order chi connectivity index (χ0) is 16.1. The fourth-order valence-corrected chi connectivity index (χ4v) is 2.83. The van der Waals surface area contributed by atoms with E-state index in [0.29, 0.717) is 6.54 Å².